The Hall–Kier alpha value is -3.77. The first-order chi connectivity index (χ1) is 15.2. The van der Waals surface area contributed by atoms with Crippen molar-refractivity contribution >= 4 is 16.7 Å². The van der Waals surface area contributed by atoms with E-state index in [-0.39, 0.29) is 0 Å². The first-order valence-electron chi connectivity index (χ1n) is 10.3. The molecule has 0 saturated heterocycles. The molecule has 31 heavy (non-hydrogen) atoms. The zero-order valence-electron chi connectivity index (χ0n) is 16.9. The average Bonchev–Trinajstić information content (AvgIpc) is 3.22. The molecule has 154 valence electrons. The Kier molecular flexibility index (Phi) is 5.06. The molecule has 1 aliphatic rings. The van der Waals surface area contributed by atoms with Crippen LogP contribution >= 0.6 is 0 Å². The molecule has 2 aromatic heterocycles. The van der Waals surface area contributed by atoms with E-state index in [9.17, 15) is 4.79 Å². The van der Waals surface area contributed by atoms with Crippen LogP contribution in [0.2, 0.25) is 0 Å². The Labute approximate surface area is 180 Å². The van der Waals surface area contributed by atoms with Crippen LogP contribution in [0.5, 0.6) is 11.6 Å². The first kappa shape index (κ1) is 19.2. The summed E-state index contributed by atoms with van der Waals surface area (Å²) in [6.07, 6.45) is 5.22. The van der Waals surface area contributed by atoms with Gasteiger partial charge in [-0.1, -0.05) is 48.5 Å². The minimum atomic E-state index is -0.520. The summed E-state index contributed by atoms with van der Waals surface area (Å²) in [4.78, 5) is 20.1. The van der Waals surface area contributed by atoms with Crippen molar-refractivity contribution in [1.29, 1.82) is 0 Å². The molecule has 0 saturated carbocycles. The van der Waals surface area contributed by atoms with E-state index in [0.29, 0.717) is 29.8 Å². The molecular weight excluding hydrogens is 388 g/mol. The summed E-state index contributed by atoms with van der Waals surface area (Å²) in [7, 11) is 0. The van der Waals surface area contributed by atoms with Crippen LogP contribution in [0.25, 0.3) is 10.8 Å². The molecule has 0 unspecified atom stereocenters. The minimum absolute atomic E-state index is 0.339. The number of ether oxygens (including phenoxy) is 1. The van der Waals surface area contributed by atoms with Crippen molar-refractivity contribution in [1.82, 2.24) is 15.3 Å². The topological polar surface area (TPSA) is 90.1 Å². The normalized spacial score (nSPS) is 13.3. The van der Waals surface area contributed by atoms with E-state index in [4.69, 9.17) is 10.5 Å². The second-order valence-corrected chi connectivity index (χ2v) is 7.72. The van der Waals surface area contributed by atoms with E-state index in [1.165, 1.54) is 17.3 Å². The Morgan fingerprint density at radius 1 is 0.935 bits per heavy atom. The second kappa shape index (κ2) is 8.16. The fourth-order valence-electron chi connectivity index (χ4n) is 4.09. The van der Waals surface area contributed by atoms with Crippen LogP contribution in [0, 0.1) is 0 Å². The number of aromatic nitrogens is 2. The number of carbonyl (C=O) groups excluding carboxylic acids is 1. The quantitative estimate of drug-likeness (QED) is 0.505. The molecule has 0 bridgehead atoms. The zero-order valence-corrected chi connectivity index (χ0v) is 16.9. The molecular formula is C25H22N4O2. The maximum Gasteiger partial charge on any atom is 0.250 e. The van der Waals surface area contributed by atoms with Gasteiger partial charge in [-0.3, -0.25) is 9.78 Å². The lowest BCUT2D eigenvalue weighted by Gasteiger charge is -2.14. The Balaban J connectivity index is 1.34. The minimum Gasteiger partial charge on any atom is -0.437 e. The van der Waals surface area contributed by atoms with E-state index in [0.717, 1.165) is 29.3 Å². The van der Waals surface area contributed by atoms with Crippen LogP contribution in [-0.2, 0) is 19.4 Å². The molecule has 1 aliphatic carbocycles. The summed E-state index contributed by atoms with van der Waals surface area (Å²) in [6, 6.07) is 20.3. The number of nitrogens with zero attached hydrogens (tertiary/aromatic N) is 2. The number of hydrogen-bond acceptors (Lipinski definition) is 5. The van der Waals surface area contributed by atoms with E-state index in [1.807, 2.05) is 18.2 Å². The van der Waals surface area contributed by atoms with Gasteiger partial charge in [-0.05, 0) is 30.0 Å². The number of pyridine rings is 2. The zero-order chi connectivity index (χ0) is 21.2. The lowest BCUT2D eigenvalue weighted by atomic mass is 10.1. The van der Waals surface area contributed by atoms with Crippen molar-refractivity contribution in [2.75, 3.05) is 0 Å². The number of amides is 1. The molecule has 1 amide bonds. The summed E-state index contributed by atoms with van der Waals surface area (Å²) in [5.74, 6) is 0.479. The maximum absolute atomic E-state index is 11.2. The van der Waals surface area contributed by atoms with Crippen molar-refractivity contribution in [3.8, 4) is 11.6 Å². The van der Waals surface area contributed by atoms with Crippen LogP contribution in [0.15, 0.2) is 73.1 Å². The van der Waals surface area contributed by atoms with Crippen LogP contribution in [0.4, 0.5) is 0 Å². The van der Waals surface area contributed by atoms with Crippen molar-refractivity contribution in [3.05, 3.63) is 95.4 Å². The smallest absolute Gasteiger partial charge is 0.250 e. The van der Waals surface area contributed by atoms with Crippen LogP contribution in [-0.4, -0.2) is 21.9 Å². The lowest BCUT2D eigenvalue weighted by Crippen LogP contribution is -2.29. The number of hydrogen-bond donors (Lipinski definition) is 2. The number of nitrogens with two attached hydrogens (primary N) is 1. The molecule has 2 aromatic carbocycles. The van der Waals surface area contributed by atoms with E-state index >= 15 is 0 Å². The van der Waals surface area contributed by atoms with Gasteiger partial charge >= 0.3 is 0 Å². The van der Waals surface area contributed by atoms with Crippen molar-refractivity contribution < 1.29 is 9.53 Å². The number of nitrogens with one attached hydrogen (secondary N) is 1. The summed E-state index contributed by atoms with van der Waals surface area (Å²) in [5, 5.41) is 5.66. The predicted molar refractivity (Wildman–Crippen MR) is 119 cm³/mol. The monoisotopic (exact) mass is 410 g/mol. The van der Waals surface area contributed by atoms with Gasteiger partial charge in [-0.15, -0.1) is 0 Å². The lowest BCUT2D eigenvalue weighted by molar-refractivity contribution is 0.1000. The standard InChI is InChI=1S/C25H22N4O2/c26-25(30)18-9-10-24(29-13-18)31-23-15-28-22(20-7-3-4-8-21(20)23)14-27-19-11-16-5-1-2-6-17(16)12-19/h1-10,13,15,19,27H,11-12,14H2,(H2,26,30). The molecule has 0 aliphatic heterocycles. The Bertz CT molecular complexity index is 1230. The molecule has 6 nitrogen and oxygen atoms in total. The molecule has 4 aromatic rings. The first-order valence-corrected chi connectivity index (χ1v) is 10.3. The van der Waals surface area contributed by atoms with E-state index in [2.05, 4.69) is 45.6 Å². The summed E-state index contributed by atoms with van der Waals surface area (Å²) in [6.45, 7) is 0.686. The molecule has 0 radical (unpaired) electrons. The molecule has 0 atom stereocenters. The molecule has 0 spiro atoms. The van der Waals surface area contributed by atoms with Gasteiger partial charge in [0.25, 0.3) is 0 Å². The molecule has 2 heterocycles. The molecule has 3 N–H and O–H groups in total. The predicted octanol–water partition coefficient (Wildman–Crippen LogP) is 3.78. The Morgan fingerprint density at radius 3 is 2.32 bits per heavy atom. The van der Waals surface area contributed by atoms with Crippen LogP contribution in [0.3, 0.4) is 0 Å². The highest BCUT2D eigenvalue weighted by Crippen LogP contribution is 2.30. The van der Waals surface area contributed by atoms with Gasteiger partial charge in [0, 0.05) is 35.6 Å². The number of benzene rings is 2. The van der Waals surface area contributed by atoms with Crippen LogP contribution in [0.1, 0.15) is 27.2 Å². The third kappa shape index (κ3) is 3.98. The third-order valence-corrected chi connectivity index (χ3v) is 5.69. The SMILES string of the molecule is NC(=O)c1ccc(Oc2cnc(CNC3Cc4ccccc4C3)c3ccccc23)nc1. The highest BCUT2D eigenvalue weighted by atomic mass is 16.5. The third-order valence-electron chi connectivity index (χ3n) is 5.69. The summed E-state index contributed by atoms with van der Waals surface area (Å²) < 4.78 is 5.96. The number of rotatable bonds is 6. The number of primary amides is 1. The Morgan fingerprint density at radius 2 is 1.65 bits per heavy atom. The number of fused-ring (bicyclic) bond motifs is 2. The van der Waals surface area contributed by atoms with Gasteiger partial charge in [0.15, 0.2) is 5.75 Å². The largest absolute Gasteiger partial charge is 0.437 e. The van der Waals surface area contributed by atoms with E-state index in [1.54, 1.807) is 18.3 Å². The van der Waals surface area contributed by atoms with Crippen LogP contribution < -0.4 is 15.8 Å². The molecule has 5 rings (SSSR count). The fourth-order valence-corrected chi connectivity index (χ4v) is 4.09. The van der Waals surface area contributed by atoms with Crippen molar-refractivity contribution in [2.45, 2.75) is 25.4 Å². The van der Waals surface area contributed by atoms with Gasteiger partial charge < -0.3 is 15.8 Å². The van der Waals surface area contributed by atoms with Gasteiger partial charge in [0.05, 0.1) is 17.5 Å². The second-order valence-electron chi connectivity index (χ2n) is 7.72. The molecule has 0 fully saturated rings. The van der Waals surface area contributed by atoms with E-state index < -0.39 is 5.91 Å². The summed E-state index contributed by atoms with van der Waals surface area (Å²) in [5.41, 5.74) is 9.45. The maximum atomic E-state index is 11.2. The van der Waals surface area contributed by atoms with Gasteiger partial charge in [-0.2, -0.15) is 0 Å². The van der Waals surface area contributed by atoms with Gasteiger partial charge in [0.2, 0.25) is 11.8 Å². The number of carbonyl (C=O) groups is 1. The fraction of sp³-hybridized carbons (Fsp3) is 0.160. The average molecular weight is 410 g/mol. The summed E-state index contributed by atoms with van der Waals surface area (Å²) >= 11 is 0. The van der Waals surface area contributed by atoms with Gasteiger partial charge in [-0.25, -0.2) is 4.98 Å². The van der Waals surface area contributed by atoms with Gasteiger partial charge in [0.1, 0.15) is 0 Å². The van der Waals surface area contributed by atoms with Crippen molar-refractivity contribution in [2.24, 2.45) is 5.73 Å². The molecule has 6 heteroatoms. The highest BCUT2D eigenvalue weighted by Gasteiger charge is 2.21. The highest BCUT2D eigenvalue weighted by molar-refractivity contribution is 5.92. The van der Waals surface area contributed by atoms with Crippen molar-refractivity contribution in [3.63, 3.8) is 0 Å².